The van der Waals surface area contributed by atoms with Crippen molar-refractivity contribution in [3.8, 4) is 0 Å². The maximum Gasteiger partial charge on any atom is 0.335 e. The van der Waals surface area contributed by atoms with E-state index >= 15 is 0 Å². The number of pyridine rings is 1. The first-order chi connectivity index (χ1) is 18.6. The maximum absolute atomic E-state index is 14.9. The van der Waals surface area contributed by atoms with Gasteiger partial charge in [-0.05, 0) is 48.6 Å². The van der Waals surface area contributed by atoms with E-state index in [4.69, 9.17) is 14.7 Å². The Labute approximate surface area is 216 Å². The Hall–Kier alpha value is -4.83. The smallest absolute Gasteiger partial charge is 0.335 e. The van der Waals surface area contributed by atoms with E-state index in [1.807, 2.05) is 48.5 Å². The van der Waals surface area contributed by atoms with Crippen molar-refractivity contribution < 1.29 is 19.0 Å². The third-order valence-electron chi connectivity index (χ3n) is 6.38. The highest BCUT2D eigenvalue weighted by molar-refractivity contribution is 5.88. The van der Waals surface area contributed by atoms with Crippen molar-refractivity contribution in [2.75, 3.05) is 36.5 Å². The van der Waals surface area contributed by atoms with Crippen molar-refractivity contribution in [3.05, 3.63) is 89.6 Å². The Morgan fingerprint density at radius 3 is 2.68 bits per heavy atom. The molecular weight excluding hydrogens is 487 g/mol. The van der Waals surface area contributed by atoms with Gasteiger partial charge in [-0.2, -0.15) is 9.61 Å². The van der Waals surface area contributed by atoms with Crippen LogP contribution in [-0.4, -0.2) is 57.0 Å². The molecule has 1 aliphatic heterocycles. The Morgan fingerprint density at radius 1 is 1.03 bits per heavy atom. The number of ether oxygens (including phenoxy) is 1. The molecule has 190 valence electrons. The molecule has 10 heteroatoms. The molecule has 0 unspecified atom stereocenters. The lowest BCUT2D eigenvalue weighted by molar-refractivity contribution is 0.0696. The number of nitrogens with zero attached hydrogens (tertiary/aromatic N) is 5. The van der Waals surface area contributed by atoms with Gasteiger partial charge in [0.05, 0.1) is 47.6 Å². The number of imidazole rings is 1. The molecule has 0 saturated carbocycles. The third kappa shape index (κ3) is 4.53. The second-order valence-corrected chi connectivity index (χ2v) is 8.78. The van der Waals surface area contributed by atoms with E-state index in [1.54, 1.807) is 16.8 Å². The Bertz CT molecular complexity index is 1690. The average Bonchev–Trinajstić information content (AvgIpc) is 3.30. The van der Waals surface area contributed by atoms with Crippen molar-refractivity contribution in [1.29, 1.82) is 0 Å². The second-order valence-electron chi connectivity index (χ2n) is 8.78. The van der Waals surface area contributed by atoms with Gasteiger partial charge in [0.15, 0.2) is 11.5 Å². The number of morpholine rings is 1. The van der Waals surface area contributed by atoms with E-state index in [9.17, 15) is 14.3 Å². The van der Waals surface area contributed by atoms with Crippen LogP contribution in [0.25, 0.3) is 28.7 Å². The van der Waals surface area contributed by atoms with Crippen LogP contribution in [0.2, 0.25) is 0 Å². The van der Waals surface area contributed by atoms with Gasteiger partial charge in [0.1, 0.15) is 11.5 Å². The van der Waals surface area contributed by atoms with E-state index in [-0.39, 0.29) is 11.3 Å². The van der Waals surface area contributed by atoms with Gasteiger partial charge in [0.2, 0.25) is 0 Å². The van der Waals surface area contributed by atoms with Crippen molar-refractivity contribution in [2.45, 2.75) is 0 Å². The molecule has 6 rings (SSSR count). The summed E-state index contributed by atoms with van der Waals surface area (Å²) in [6, 6.07) is 17.4. The molecule has 0 bridgehead atoms. The fourth-order valence-electron chi connectivity index (χ4n) is 4.45. The lowest BCUT2D eigenvalue weighted by atomic mass is 10.2. The fraction of sp³-hybridized carbons (Fsp3) is 0.143. The van der Waals surface area contributed by atoms with Crippen molar-refractivity contribution >= 4 is 51.9 Å². The molecule has 0 atom stereocenters. The summed E-state index contributed by atoms with van der Waals surface area (Å²) in [6.07, 6.45) is 5.32. The van der Waals surface area contributed by atoms with Crippen LogP contribution in [0.1, 0.15) is 21.7 Å². The van der Waals surface area contributed by atoms with Gasteiger partial charge in [-0.1, -0.05) is 24.3 Å². The summed E-state index contributed by atoms with van der Waals surface area (Å²) < 4.78 is 22.0. The minimum atomic E-state index is -1.20. The lowest BCUT2D eigenvalue weighted by Crippen LogP contribution is -2.36. The van der Waals surface area contributed by atoms with Crippen LogP contribution in [0.15, 0.2) is 66.9 Å². The van der Waals surface area contributed by atoms with E-state index in [0.717, 1.165) is 28.4 Å². The molecule has 1 saturated heterocycles. The standard InChI is InChI=1S/C28H23FN6O3/c29-21-17-19(28(36)37)6-9-23(21)32-26-24(10-8-20-7-5-18-3-1-2-4-22(18)31-20)33-27-25(11-12-30-35(26)27)34-13-15-38-16-14-34/h1-12,17,32H,13-16H2,(H,36,37)/b10-8+. The summed E-state index contributed by atoms with van der Waals surface area (Å²) in [7, 11) is 0. The number of rotatable bonds is 6. The van der Waals surface area contributed by atoms with Gasteiger partial charge in [-0.3, -0.25) is 0 Å². The number of carboxylic acids is 1. The number of hydrogen-bond acceptors (Lipinski definition) is 7. The van der Waals surface area contributed by atoms with Crippen LogP contribution in [-0.2, 0) is 4.74 Å². The monoisotopic (exact) mass is 510 g/mol. The van der Waals surface area contributed by atoms with Gasteiger partial charge in [-0.15, -0.1) is 0 Å². The zero-order valence-electron chi connectivity index (χ0n) is 20.2. The molecular formula is C28H23FN6O3. The predicted molar refractivity (Wildman–Crippen MR) is 143 cm³/mol. The van der Waals surface area contributed by atoms with Gasteiger partial charge >= 0.3 is 5.97 Å². The summed E-state index contributed by atoms with van der Waals surface area (Å²) >= 11 is 0. The molecule has 1 fully saturated rings. The summed E-state index contributed by atoms with van der Waals surface area (Å²) in [5.74, 6) is -1.46. The van der Waals surface area contributed by atoms with E-state index in [0.29, 0.717) is 43.5 Å². The number of fused-ring (bicyclic) bond motifs is 2. The molecule has 0 radical (unpaired) electrons. The Balaban J connectivity index is 1.44. The zero-order valence-corrected chi connectivity index (χ0v) is 20.2. The minimum Gasteiger partial charge on any atom is -0.478 e. The molecule has 0 amide bonds. The molecule has 4 heterocycles. The summed E-state index contributed by atoms with van der Waals surface area (Å²) in [6.45, 7) is 2.66. The SMILES string of the molecule is O=C(O)c1ccc(Nc2c(/C=C/c3ccc4ccccc4n3)nc3c(N4CCOCC4)ccnn23)c(F)c1. The van der Waals surface area contributed by atoms with Gasteiger partial charge in [0.25, 0.3) is 0 Å². The van der Waals surface area contributed by atoms with Crippen LogP contribution < -0.4 is 10.2 Å². The third-order valence-corrected chi connectivity index (χ3v) is 6.38. The molecule has 9 nitrogen and oxygen atoms in total. The van der Waals surface area contributed by atoms with Crippen LogP contribution in [0, 0.1) is 5.82 Å². The van der Waals surface area contributed by atoms with E-state index < -0.39 is 11.8 Å². The Kier molecular flexibility index (Phi) is 6.14. The van der Waals surface area contributed by atoms with Gasteiger partial charge in [0, 0.05) is 18.5 Å². The number of para-hydroxylation sites is 1. The molecule has 1 aliphatic rings. The molecule has 0 aliphatic carbocycles. The number of hydrogen-bond donors (Lipinski definition) is 2. The van der Waals surface area contributed by atoms with Crippen LogP contribution in [0.4, 0.5) is 21.6 Å². The largest absolute Gasteiger partial charge is 0.478 e. The second kappa shape index (κ2) is 9.91. The molecule has 5 aromatic rings. The average molecular weight is 511 g/mol. The first-order valence-electron chi connectivity index (χ1n) is 12.1. The normalized spacial score (nSPS) is 14.0. The van der Waals surface area contributed by atoms with Crippen molar-refractivity contribution in [2.24, 2.45) is 0 Å². The number of benzene rings is 2. The minimum absolute atomic E-state index is 0.105. The van der Waals surface area contributed by atoms with Crippen LogP contribution >= 0.6 is 0 Å². The first kappa shape index (κ1) is 23.6. The lowest BCUT2D eigenvalue weighted by Gasteiger charge is -2.28. The fourth-order valence-corrected chi connectivity index (χ4v) is 4.45. The number of aromatic carboxylic acids is 1. The molecule has 2 N–H and O–H groups in total. The molecule has 0 spiro atoms. The van der Waals surface area contributed by atoms with Crippen LogP contribution in [0.3, 0.4) is 0 Å². The number of halogens is 1. The highest BCUT2D eigenvalue weighted by atomic mass is 19.1. The van der Waals surface area contributed by atoms with Gasteiger partial charge in [-0.25, -0.2) is 19.2 Å². The van der Waals surface area contributed by atoms with E-state index in [1.165, 1.54) is 12.1 Å². The molecule has 2 aromatic carbocycles. The molecule has 3 aromatic heterocycles. The first-order valence-corrected chi connectivity index (χ1v) is 12.1. The predicted octanol–water partition coefficient (Wildman–Crippen LogP) is 4.87. The molecule has 38 heavy (non-hydrogen) atoms. The Morgan fingerprint density at radius 2 is 1.87 bits per heavy atom. The van der Waals surface area contributed by atoms with E-state index in [2.05, 4.69) is 15.3 Å². The number of aromatic nitrogens is 4. The summed E-state index contributed by atoms with van der Waals surface area (Å²) in [4.78, 5) is 23.0. The van der Waals surface area contributed by atoms with Gasteiger partial charge < -0.3 is 20.1 Å². The summed E-state index contributed by atoms with van der Waals surface area (Å²) in [5.41, 5.74) is 3.59. The summed E-state index contributed by atoms with van der Waals surface area (Å²) in [5, 5.41) is 17.8. The zero-order chi connectivity index (χ0) is 26.1. The quantitative estimate of drug-likeness (QED) is 0.334. The van der Waals surface area contributed by atoms with Crippen molar-refractivity contribution in [3.63, 3.8) is 0 Å². The highest BCUT2D eigenvalue weighted by Gasteiger charge is 2.21. The maximum atomic E-state index is 14.9. The number of carboxylic acid groups (broad SMARTS) is 1. The highest BCUT2D eigenvalue weighted by Crippen LogP contribution is 2.30. The number of nitrogens with one attached hydrogen (secondary N) is 1. The van der Waals surface area contributed by atoms with Crippen LogP contribution in [0.5, 0.6) is 0 Å². The van der Waals surface area contributed by atoms with Crippen molar-refractivity contribution in [1.82, 2.24) is 19.6 Å². The number of anilines is 3. The topological polar surface area (TPSA) is 105 Å². The number of carbonyl (C=O) groups is 1.